The molecule has 2 rings (SSSR count). The van der Waals surface area contributed by atoms with Crippen molar-refractivity contribution in [3.63, 3.8) is 0 Å². The second kappa shape index (κ2) is 4.85. The van der Waals surface area contributed by atoms with E-state index in [1.807, 2.05) is 12.3 Å². The number of carbonyl (C=O) groups is 1. The number of hydrogen-bond acceptors (Lipinski definition) is 3. The predicted molar refractivity (Wildman–Crippen MR) is 67.2 cm³/mol. The number of rotatable bonds is 4. The van der Waals surface area contributed by atoms with Gasteiger partial charge in [0.1, 0.15) is 5.82 Å². The van der Waals surface area contributed by atoms with Crippen molar-refractivity contribution in [2.24, 2.45) is 5.73 Å². The molecule has 0 bridgehead atoms. The summed E-state index contributed by atoms with van der Waals surface area (Å²) in [4.78, 5) is 15.3. The minimum absolute atomic E-state index is 0.0818. The summed E-state index contributed by atoms with van der Waals surface area (Å²) in [7, 11) is 0. The molecule has 0 atom stereocenters. The first kappa shape index (κ1) is 12.1. The van der Waals surface area contributed by atoms with E-state index in [1.165, 1.54) is 0 Å². The largest absolute Gasteiger partial charge is 0.476 e. The van der Waals surface area contributed by atoms with E-state index in [2.05, 4.69) is 20.9 Å². The third-order valence-corrected chi connectivity index (χ3v) is 2.98. The second-order valence-corrected chi connectivity index (χ2v) is 4.59. The Kier molecular flexibility index (Phi) is 3.44. The number of carboxylic acids is 1. The van der Waals surface area contributed by atoms with E-state index in [-0.39, 0.29) is 5.69 Å². The van der Waals surface area contributed by atoms with Gasteiger partial charge < -0.3 is 15.2 Å². The number of nitrogens with zero attached hydrogens (tertiary/aromatic N) is 2. The summed E-state index contributed by atoms with van der Waals surface area (Å²) in [5.41, 5.74) is 6.13. The molecule has 0 unspecified atom stereocenters. The van der Waals surface area contributed by atoms with Crippen LogP contribution in [0, 0.1) is 0 Å². The van der Waals surface area contributed by atoms with Crippen LogP contribution in [-0.2, 0) is 6.42 Å². The lowest BCUT2D eigenvalue weighted by atomic mass is 10.3. The van der Waals surface area contributed by atoms with Gasteiger partial charge >= 0.3 is 5.97 Å². The van der Waals surface area contributed by atoms with Crippen molar-refractivity contribution >= 4 is 27.4 Å². The Labute approximate surface area is 106 Å². The molecule has 0 aromatic carbocycles. The Morgan fingerprint density at radius 3 is 3.00 bits per heavy atom. The highest BCUT2D eigenvalue weighted by Crippen LogP contribution is 2.19. The van der Waals surface area contributed by atoms with Gasteiger partial charge in [-0.05, 0) is 25.1 Å². The van der Waals surface area contributed by atoms with Crippen LogP contribution in [0.25, 0.3) is 5.52 Å². The van der Waals surface area contributed by atoms with Crippen LogP contribution < -0.4 is 5.73 Å². The van der Waals surface area contributed by atoms with Crippen LogP contribution >= 0.6 is 15.9 Å². The first-order valence-electron chi connectivity index (χ1n) is 5.23. The SMILES string of the molecule is NCCCc1nc(C(=O)O)c2cc(Br)ccn12. The van der Waals surface area contributed by atoms with Gasteiger partial charge in [0.05, 0.1) is 5.52 Å². The van der Waals surface area contributed by atoms with Crippen LogP contribution in [0.3, 0.4) is 0 Å². The van der Waals surface area contributed by atoms with E-state index in [0.29, 0.717) is 18.5 Å². The first-order valence-corrected chi connectivity index (χ1v) is 6.02. The number of aromatic nitrogens is 2. The minimum atomic E-state index is -1.01. The van der Waals surface area contributed by atoms with Crippen molar-refractivity contribution in [1.29, 1.82) is 0 Å². The molecule has 2 aromatic rings. The lowest BCUT2D eigenvalue weighted by Crippen LogP contribution is -2.03. The fraction of sp³-hybridized carbons (Fsp3) is 0.273. The van der Waals surface area contributed by atoms with Gasteiger partial charge in [0, 0.05) is 17.1 Å². The van der Waals surface area contributed by atoms with E-state index in [9.17, 15) is 4.79 Å². The molecule has 0 aliphatic heterocycles. The Morgan fingerprint density at radius 1 is 1.59 bits per heavy atom. The first-order chi connectivity index (χ1) is 8.13. The molecule has 0 saturated heterocycles. The molecule has 17 heavy (non-hydrogen) atoms. The summed E-state index contributed by atoms with van der Waals surface area (Å²) >= 11 is 3.32. The molecule has 90 valence electrons. The summed E-state index contributed by atoms with van der Waals surface area (Å²) in [6, 6.07) is 3.61. The van der Waals surface area contributed by atoms with Gasteiger partial charge in [-0.25, -0.2) is 9.78 Å². The van der Waals surface area contributed by atoms with Gasteiger partial charge in [0.15, 0.2) is 5.69 Å². The zero-order valence-corrected chi connectivity index (χ0v) is 10.6. The summed E-state index contributed by atoms with van der Waals surface area (Å²) in [6.07, 6.45) is 3.27. The summed E-state index contributed by atoms with van der Waals surface area (Å²) in [5.74, 6) is -0.282. The highest BCUT2D eigenvalue weighted by Gasteiger charge is 2.16. The Bertz CT molecular complexity index is 565. The number of hydrogen-bond donors (Lipinski definition) is 2. The number of nitrogens with two attached hydrogens (primary N) is 1. The zero-order chi connectivity index (χ0) is 12.4. The van der Waals surface area contributed by atoms with E-state index in [0.717, 1.165) is 16.7 Å². The quantitative estimate of drug-likeness (QED) is 0.900. The maximum atomic E-state index is 11.1. The minimum Gasteiger partial charge on any atom is -0.476 e. The summed E-state index contributed by atoms with van der Waals surface area (Å²) in [5, 5.41) is 9.10. The fourth-order valence-electron chi connectivity index (χ4n) is 1.72. The van der Waals surface area contributed by atoms with Crippen molar-refractivity contribution in [3.05, 3.63) is 34.3 Å². The highest BCUT2D eigenvalue weighted by molar-refractivity contribution is 9.10. The Morgan fingerprint density at radius 2 is 2.35 bits per heavy atom. The van der Waals surface area contributed by atoms with E-state index in [1.54, 1.807) is 10.5 Å². The average Bonchev–Trinajstić information content (AvgIpc) is 2.64. The van der Waals surface area contributed by atoms with Crippen molar-refractivity contribution < 1.29 is 9.90 Å². The molecule has 2 heterocycles. The molecule has 0 fully saturated rings. The van der Waals surface area contributed by atoms with Gasteiger partial charge in [0.25, 0.3) is 0 Å². The molecule has 3 N–H and O–H groups in total. The number of carboxylic acid groups (broad SMARTS) is 1. The molecule has 0 aliphatic carbocycles. The molecule has 0 amide bonds. The van der Waals surface area contributed by atoms with Gasteiger partial charge in [-0.2, -0.15) is 0 Å². The number of aromatic carboxylic acids is 1. The van der Waals surface area contributed by atoms with Crippen LogP contribution in [0.2, 0.25) is 0 Å². The maximum Gasteiger partial charge on any atom is 0.356 e. The van der Waals surface area contributed by atoms with Crippen LogP contribution in [-0.4, -0.2) is 27.0 Å². The topological polar surface area (TPSA) is 80.6 Å². The van der Waals surface area contributed by atoms with E-state index in [4.69, 9.17) is 10.8 Å². The molecule has 6 heteroatoms. The third kappa shape index (κ3) is 2.32. The smallest absolute Gasteiger partial charge is 0.356 e. The van der Waals surface area contributed by atoms with Crippen molar-refractivity contribution in [3.8, 4) is 0 Å². The summed E-state index contributed by atoms with van der Waals surface area (Å²) in [6.45, 7) is 0.563. The zero-order valence-electron chi connectivity index (χ0n) is 9.06. The number of aryl methyl sites for hydroxylation is 1. The summed E-state index contributed by atoms with van der Waals surface area (Å²) < 4.78 is 2.63. The molecule has 5 nitrogen and oxygen atoms in total. The van der Waals surface area contributed by atoms with Gasteiger partial charge in [0.2, 0.25) is 0 Å². The van der Waals surface area contributed by atoms with E-state index >= 15 is 0 Å². The Balaban J connectivity index is 2.58. The normalized spacial score (nSPS) is 10.9. The van der Waals surface area contributed by atoms with Crippen molar-refractivity contribution in [1.82, 2.24) is 9.38 Å². The lowest BCUT2D eigenvalue weighted by Gasteiger charge is -2.00. The molecule has 0 aliphatic rings. The highest BCUT2D eigenvalue weighted by atomic mass is 79.9. The van der Waals surface area contributed by atoms with Crippen LogP contribution in [0.5, 0.6) is 0 Å². The van der Waals surface area contributed by atoms with Gasteiger partial charge in [-0.1, -0.05) is 15.9 Å². The molecule has 0 radical (unpaired) electrons. The molecular formula is C11H12BrN3O2. The average molecular weight is 298 g/mol. The second-order valence-electron chi connectivity index (χ2n) is 3.67. The number of imidazole rings is 1. The fourth-order valence-corrected chi connectivity index (χ4v) is 2.05. The number of fused-ring (bicyclic) bond motifs is 1. The molecular weight excluding hydrogens is 286 g/mol. The van der Waals surface area contributed by atoms with Crippen LogP contribution in [0.1, 0.15) is 22.7 Å². The molecule has 0 spiro atoms. The molecule has 2 aromatic heterocycles. The predicted octanol–water partition coefficient (Wildman–Crippen LogP) is 1.69. The Hall–Kier alpha value is -1.40. The third-order valence-electron chi connectivity index (χ3n) is 2.49. The maximum absolute atomic E-state index is 11.1. The van der Waals surface area contributed by atoms with Gasteiger partial charge in [-0.15, -0.1) is 0 Å². The number of pyridine rings is 1. The lowest BCUT2D eigenvalue weighted by molar-refractivity contribution is 0.0693. The van der Waals surface area contributed by atoms with Crippen molar-refractivity contribution in [2.75, 3.05) is 6.54 Å². The van der Waals surface area contributed by atoms with Crippen molar-refractivity contribution in [2.45, 2.75) is 12.8 Å². The monoisotopic (exact) mass is 297 g/mol. The van der Waals surface area contributed by atoms with Crippen LogP contribution in [0.4, 0.5) is 0 Å². The van der Waals surface area contributed by atoms with Gasteiger partial charge in [-0.3, -0.25) is 0 Å². The van der Waals surface area contributed by atoms with E-state index < -0.39 is 5.97 Å². The standard InChI is InChI=1S/C11H12BrN3O2/c12-7-3-5-15-8(6-7)10(11(16)17)14-9(15)2-1-4-13/h3,5-6H,1-2,4,13H2,(H,16,17). The molecule has 0 saturated carbocycles. The van der Waals surface area contributed by atoms with Crippen LogP contribution in [0.15, 0.2) is 22.8 Å². The number of halogens is 1.